The lowest BCUT2D eigenvalue weighted by Gasteiger charge is -2.09. The van der Waals surface area contributed by atoms with Gasteiger partial charge in [0, 0.05) is 11.3 Å². The lowest BCUT2D eigenvalue weighted by atomic mass is 9.97. The van der Waals surface area contributed by atoms with Crippen LogP contribution >= 0.6 is 0 Å². The number of para-hydroxylation sites is 1. The van der Waals surface area contributed by atoms with E-state index in [1.54, 1.807) is 0 Å². The van der Waals surface area contributed by atoms with Gasteiger partial charge in [-0.25, -0.2) is 0 Å². The molecule has 3 aromatic rings. The van der Waals surface area contributed by atoms with Crippen LogP contribution in [0.15, 0.2) is 65.7 Å². The van der Waals surface area contributed by atoms with Crippen LogP contribution in [0.3, 0.4) is 0 Å². The normalized spacial score (nSPS) is 13.9. The first-order chi connectivity index (χ1) is 10.3. The number of aliphatic imine (C=N–C) groups is 1. The average molecular weight is 271 g/mol. The maximum Gasteiger partial charge on any atom is 0.0633 e. The van der Waals surface area contributed by atoms with Crippen LogP contribution in [0.2, 0.25) is 0 Å². The van der Waals surface area contributed by atoms with Gasteiger partial charge in [-0.2, -0.15) is 0 Å². The third kappa shape index (κ3) is 2.06. The smallest absolute Gasteiger partial charge is 0.0633 e. The van der Waals surface area contributed by atoms with Crippen LogP contribution < -0.4 is 0 Å². The Hall–Kier alpha value is -2.41. The SMILES string of the molecule is CC(=Nc1ccccc1)c1ccc2c3c(cccc13)CC2. The predicted octanol–water partition coefficient (Wildman–Crippen LogP) is 5.08. The maximum absolute atomic E-state index is 4.78. The molecule has 0 radical (unpaired) electrons. The fraction of sp³-hybridized carbons (Fsp3) is 0.150. The van der Waals surface area contributed by atoms with Gasteiger partial charge < -0.3 is 0 Å². The summed E-state index contributed by atoms with van der Waals surface area (Å²) < 4.78 is 0. The molecule has 4 rings (SSSR count). The van der Waals surface area contributed by atoms with Gasteiger partial charge in [0.2, 0.25) is 0 Å². The van der Waals surface area contributed by atoms with Crippen LogP contribution in [-0.4, -0.2) is 5.71 Å². The molecule has 0 bridgehead atoms. The third-order valence-corrected chi connectivity index (χ3v) is 4.32. The minimum absolute atomic E-state index is 1.01. The summed E-state index contributed by atoms with van der Waals surface area (Å²) in [5, 5.41) is 2.80. The molecule has 1 aliphatic carbocycles. The zero-order valence-corrected chi connectivity index (χ0v) is 12.1. The van der Waals surface area contributed by atoms with Gasteiger partial charge in [-0.1, -0.05) is 48.5 Å². The molecule has 0 N–H and O–H groups in total. The number of benzene rings is 3. The van der Waals surface area contributed by atoms with E-state index in [0.29, 0.717) is 0 Å². The molecule has 0 saturated carbocycles. The van der Waals surface area contributed by atoms with Crippen molar-refractivity contribution in [2.24, 2.45) is 4.99 Å². The molecule has 1 heteroatoms. The van der Waals surface area contributed by atoms with E-state index in [4.69, 9.17) is 4.99 Å². The summed E-state index contributed by atoms with van der Waals surface area (Å²) in [4.78, 5) is 4.78. The van der Waals surface area contributed by atoms with Crippen LogP contribution in [0.5, 0.6) is 0 Å². The topological polar surface area (TPSA) is 12.4 Å². The third-order valence-electron chi connectivity index (χ3n) is 4.32. The number of hydrogen-bond donors (Lipinski definition) is 0. The molecule has 0 amide bonds. The van der Waals surface area contributed by atoms with Gasteiger partial charge in [0.25, 0.3) is 0 Å². The van der Waals surface area contributed by atoms with E-state index in [0.717, 1.165) is 11.4 Å². The molecule has 0 fully saturated rings. The van der Waals surface area contributed by atoms with Gasteiger partial charge in [0.15, 0.2) is 0 Å². The van der Waals surface area contributed by atoms with Crippen LogP contribution in [0, 0.1) is 0 Å². The molecular formula is C20H17N. The fourth-order valence-electron chi connectivity index (χ4n) is 3.32. The molecule has 21 heavy (non-hydrogen) atoms. The van der Waals surface area contributed by atoms with Crippen LogP contribution in [0.25, 0.3) is 10.8 Å². The second kappa shape index (κ2) is 4.85. The zero-order valence-electron chi connectivity index (χ0n) is 12.1. The molecule has 0 aliphatic heterocycles. The summed E-state index contributed by atoms with van der Waals surface area (Å²) in [6.07, 6.45) is 2.34. The van der Waals surface area contributed by atoms with E-state index in [2.05, 4.69) is 37.3 Å². The number of nitrogens with zero attached hydrogens (tertiary/aromatic N) is 1. The van der Waals surface area contributed by atoms with Crippen molar-refractivity contribution in [3.8, 4) is 0 Å². The van der Waals surface area contributed by atoms with Gasteiger partial charge >= 0.3 is 0 Å². The predicted molar refractivity (Wildman–Crippen MR) is 89.7 cm³/mol. The molecule has 0 heterocycles. The first-order valence-electron chi connectivity index (χ1n) is 7.47. The van der Waals surface area contributed by atoms with Crippen molar-refractivity contribution in [3.05, 3.63) is 77.4 Å². The summed E-state index contributed by atoms with van der Waals surface area (Å²) in [5.74, 6) is 0. The average Bonchev–Trinajstić information content (AvgIpc) is 2.94. The highest BCUT2D eigenvalue weighted by atomic mass is 14.7. The second-order valence-corrected chi connectivity index (χ2v) is 5.64. The molecular weight excluding hydrogens is 254 g/mol. The Bertz CT molecular complexity index is 834. The van der Waals surface area contributed by atoms with Crippen LogP contribution in [0.1, 0.15) is 23.6 Å². The summed E-state index contributed by atoms with van der Waals surface area (Å²) in [5.41, 5.74) is 6.31. The summed E-state index contributed by atoms with van der Waals surface area (Å²) in [6.45, 7) is 2.10. The van der Waals surface area contributed by atoms with Gasteiger partial charge in [-0.3, -0.25) is 4.99 Å². The standard InChI is InChI=1S/C20H17N/c1-14(21-17-7-3-2-4-8-17)18-13-12-16-11-10-15-6-5-9-19(18)20(15)16/h2-9,12-13H,10-11H2,1H3. The van der Waals surface area contributed by atoms with Gasteiger partial charge in [0.1, 0.15) is 0 Å². The minimum Gasteiger partial charge on any atom is -0.253 e. The number of aryl methyl sites for hydroxylation is 2. The number of rotatable bonds is 2. The van der Waals surface area contributed by atoms with E-state index >= 15 is 0 Å². The van der Waals surface area contributed by atoms with Crippen LogP contribution in [-0.2, 0) is 12.8 Å². The highest BCUT2D eigenvalue weighted by Gasteiger charge is 2.16. The van der Waals surface area contributed by atoms with Gasteiger partial charge in [-0.15, -0.1) is 0 Å². The molecule has 0 unspecified atom stereocenters. The van der Waals surface area contributed by atoms with Crippen molar-refractivity contribution in [2.75, 3.05) is 0 Å². The molecule has 0 aromatic heterocycles. The van der Waals surface area contributed by atoms with E-state index in [-0.39, 0.29) is 0 Å². The molecule has 3 aromatic carbocycles. The van der Waals surface area contributed by atoms with Crippen molar-refractivity contribution in [3.63, 3.8) is 0 Å². The molecule has 102 valence electrons. The molecule has 0 spiro atoms. The Morgan fingerprint density at radius 2 is 1.57 bits per heavy atom. The largest absolute Gasteiger partial charge is 0.253 e. The van der Waals surface area contributed by atoms with E-state index in [1.165, 1.54) is 40.3 Å². The van der Waals surface area contributed by atoms with Gasteiger partial charge in [-0.05, 0) is 53.8 Å². The molecule has 0 saturated heterocycles. The first kappa shape index (κ1) is 12.3. The van der Waals surface area contributed by atoms with Crippen molar-refractivity contribution in [1.82, 2.24) is 0 Å². The summed E-state index contributed by atoms with van der Waals surface area (Å²) in [7, 11) is 0. The lowest BCUT2D eigenvalue weighted by molar-refractivity contribution is 1.02. The van der Waals surface area contributed by atoms with Crippen molar-refractivity contribution in [1.29, 1.82) is 0 Å². The van der Waals surface area contributed by atoms with Gasteiger partial charge in [0.05, 0.1) is 5.69 Å². The summed E-state index contributed by atoms with van der Waals surface area (Å²) in [6, 6.07) is 21.3. The van der Waals surface area contributed by atoms with Crippen molar-refractivity contribution >= 4 is 22.2 Å². The molecule has 1 nitrogen and oxygen atoms in total. The Morgan fingerprint density at radius 1 is 0.810 bits per heavy atom. The maximum atomic E-state index is 4.78. The lowest BCUT2D eigenvalue weighted by Crippen LogP contribution is -1.96. The highest BCUT2D eigenvalue weighted by molar-refractivity contribution is 6.12. The van der Waals surface area contributed by atoms with Crippen molar-refractivity contribution < 1.29 is 0 Å². The van der Waals surface area contributed by atoms with Crippen molar-refractivity contribution in [2.45, 2.75) is 19.8 Å². The number of hydrogen-bond acceptors (Lipinski definition) is 1. The Balaban J connectivity index is 1.90. The Labute approximate surface area is 125 Å². The quantitative estimate of drug-likeness (QED) is 0.576. The Kier molecular flexibility index (Phi) is 2.85. The molecule has 1 aliphatic rings. The monoisotopic (exact) mass is 271 g/mol. The minimum atomic E-state index is 1.01. The first-order valence-corrected chi connectivity index (χ1v) is 7.47. The fourth-order valence-corrected chi connectivity index (χ4v) is 3.32. The Morgan fingerprint density at radius 3 is 2.38 bits per heavy atom. The molecule has 0 atom stereocenters. The highest BCUT2D eigenvalue weighted by Crippen LogP contribution is 2.33. The summed E-state index contributed by atoms with van der Waals surface area (Å²) >= 11 is 0. The zero-order chi connectivity index (χ0) is 14.2. The van der Waals surface area contributed by atoms with Crippen LogP contribution in [0.4, 0.5) is 5.69 Å². The second-order valence-electron chi connectivity index (χ2n) is 5.64. The van der Waals surface area contributed by atoms with E-state index < -0.39 is 0 Å². The van der Waals surface area contributed by atoms with E-state index in [9.17, 15) is 0 Å². The van der Waals surface area contributed by atoms with E-state index in [1.807, 2.05) is 30.3 Å².